The number of halogens is 1. The van der Waals surface area contributed by atoms with E-state index in [9.17, 15) is 4.79 Å². The number of nitrogens with one attached hydrogen (secondary N) is 3. The number of piperidine rings is 1. The molecule has 4 rings (SSSR count). The first-order valence-electron chi connectivity index (χ1n) is 7.94. The molecule has 0 bridgehead atoms. The van der Waals surface area contributed by atoms with E-state index in [4.69, 9.17) is 0 Å². The van der Waals surface area contributed by atoms with Crippen LogP contribution in [0.4, 0.5) is 5.13 Å². The molecule has 3 N–H and O–H groups in total. The second-order valence-corrected chi connectivity index (χ2v) is 7.98. The van der Waals surface area contributed by atoms with Gasteiger partial charge in [0.15, 0.2) is 10.8 Å². The van der Waals surface area contributed by atoms with Crippen molar-refractivity contribution < 1.29 is 4.79 Å². The summed E-state index contributed by atoms with van der Waals surface area (Å²) in [5, 5.41) is 14.0. The smallest absolute Gasteiger partial charge is 0.279 e. The molecule has 1 aliphatic carbocycles. The third-order valence-electron chi connectivity index (χ3n) is 4.42. The highest BCUT2D eigenvalue weighted by Gasteiger charge is 2.30. The predicted molar refractivity (Wildman–Crippen MR) is 93.2 cm³/mol. The lowest BCUT2D eigenvalue weighted by Gasteiger charge is -2.20. The van der Waals surface area contributed by atoms with Crippen molar-refractivity contribution in [2.75, 3.05) is 18.4 Å². The maximum atomic E-state index is 12.4. The number of hydrogen-bond donors (Lipinski definition) is 3. The van der Waals surface area contributed by atoms with Crippen LogP contribution in [0.15, 0.2) is 10.7 Å². The van der Waals surface area contributed by atoms with E-state index in [0.29, 0.717) is 22.7 Å². The number of anilines is 1. The molecule has 2 aromatic rings. The molecule has 8 heteroatoms. The van der Waals surface area contributed by atoms with Crippen LogP contribution in [0.3, 0.4) is 0 Å². The number of thiazole rings is 1. The summed E-state index contributed by atoms with van der Waals surface area (Å²) in [5.74, 6) is 0.856. The number of amides is 1. The van der Waals surface area contributed by atoms with E-state index in [2.05, 4.69) is 41.7 Å². The number of aromatic amines is 1. The summed E-state index contributed by atoms with van der Waals surface area (Å²) in [4.78, 5) is 18.0. The van der Waals surface area contributed by atoms with Crippen LogP contribution in [0, 0.1) is 0 Å². The lowest BCUT2D eigenvalue weighted by Crippen LogP contribution is -2.26. The maximum absolute atomic E-state index is 12.4. The molecular weight excluding hydrogens is 378 g/mol. The minimum absolute atomic E-state index is 0.216. The summed E-state index contributed by atoms with van der Waals surface area (Å²) in [6, 6.07) is 0. The molecule has 122 valence electrons. The predicted octanol–water partition coefficient (Wildman–Crippen LogP) is 3.23. The molecule has 1 saturated carbocycles. The topological polar surface area (TPSA) is 82.7 Å². The van der Waals surface area contributed by atoms with Gasteiger partial charge in [-0.25, -0.2) is 4.98 Å². The minimum Gasteiger partial charge on any atom is -0.317 e. The molecule has 0 radical (unpaired) electrons. The molecule has 1 aliphatic heterocycles. The molecule has 2 fully saturated rings. The summed E-state index contributed by atoms with van der Waals surface area (Å²) < 4.78 is 0.785. The van der Waals surface area contributed by atoms with E-state index in [0.717, 1.165) is 48.9 Å². The van der Waals surface area contributed by atoms with Crippen molar-refractivity contribution in [3.8, 4) is 0 Å². The number of hydrogen-bond acceptors (Lipinski definition) is 5. The van der Waals surface area contributed by atoms with Gasteiger partial charge >= 0.3 is 0 Å². The first-order chi connectivity index (χ1) is 11.2. The van der Waals surface area contributed by atoms with Crippen LogP contribution in [-0.2, 0) is 0 Å². The average molecular weight is 396 g/mol. The zero-order valence-corrected chi connectivity index (χ0v) is 15.0. The Kier molecular flexibility index (Phi) is 4.21. The lowest BCUT2D eigenvalue weighted by molar-refractivity contribution is 0.102. The summed E-state index contributed by atoms with van der Waals surface area (Å²) in [6.45, 7) is 2.10. The minimum atomic E-state index is -0.216. The molecular formula is C15H18BrN5OS. The Balaban J connectivity index is 1.45. The third-order valence-corrected chi connectivity index (χ3v) is 6.30. The van der Waals surface area contributed by atoms with Gasteiger partial charge in [0, 0.05) is 17.0 Å². The standard InChI is InChI=1S/C15H18BrN5OS/c16-11-12(9-1-2-9)20-21-13(11)14(22)19-15-18-7-10(23-15)8-3-5-17-6-4-8/h7-9,17H,1-6H2,(H,20,21)(H,18,19,22). The second-order valence-electron chi connectivity index (χ2n) is 6.12. The van der Waals surface area contributed by atoms with Gasteiger partial charge in [-0.05, 0) is 60.6 Å². The van der Waals surface area contributed by atoms with Gasteiger partial charge in [0.05, 0.1) is 10.2 Å². The Labute approximate surface area is 146 Å². The molecule has 2 aliphatic rings. The molecule has 0 atom stereocenters. The van der Waals surface area contributed by atoms with Crippen molar-refractivity contribution in [3.05, 3.63) is 26.9 Å². The third kappa shape index (κ3) is 3.20. The van der Waals surface area contributed by atoms with Gasteiger partial charge in [-0.3, -0.25) is 15.2 Å². The number of nitrogens with zero attached hydrogens (tertiary/aromatic N) is 2. The van der Waals surface area contributed by atoms with Gasteiger partial charge in [-0.2, -0.15) is 5.10 Å². The monoisotopic (exact) mass is 395 g/mol. The average Bonchev–Trinajstić information content (AvgIpc) is 3.18. The Hall–Kier alpha value is -1.25. The van der Waals surface area contributed by atoms with Crippen molar-refractivity contribution in [1.82, 2.24) is 20.5 Å². The van der Waals surface area contributed by atoms with Crippen LogP contribution in [0.1, 0.15) is 58.6 Å². The molecule has 0 spiro atoms. The summed E-state index contributed by atoms with van der Waals surface area (Å²) in [5.41, 5.74) is 1.44. The van der Waals surface area contributed by atoms with Crippen molar-refractivity contribution >= 4 is 38.3 Å². The molecule has 3 heterocycles. The van der Waals surface area contributed by atoms with Crippen LogP contribution < -0.4 is 10.6 Å². The zero-order valence-electron chi connectivity index (χ0n) is 12.6. The normalized spacial score (nSPS) is 19.0. The van der Waals surface area contributed by atoms with E-state index in [1.165, 1.54) is 4.88 Å². The van der Waals surface area contributed by atoms with E-state index >= 15 is 0 Å². The zero-order chi connectivity index (χ0) is 15.8. The quantitative estimate of drug-likeness (QED) is 0.741. The fraction of sp³-hybridized carbons (Fsp3) is 0.533. The van der Waals surface area contributed by atoms with Crippen molar-refractivity contribution in [2.24, 2.45) is 0 Å². The maximum Gasteiger partial charge on any atom is 0.279 e. The van der Waals surface area contributed by atoms with Gasteiger partial charge in [-0.15, -0.1) is 11.3 Å². The molecule has 0 aromatic carbocycles. The van der Waals surface area contributed by atoms with E-state index < -0.39 is 0 Å². The fourth-order valence-corrected chi connectivity index (χ4v) is 4.59. The van der Waals surface area contributed by atoms with Crippen LogP contribution in [0.25, 0.3) is 0 Å². The van der Waals surface area contributed by atoms with Gasteiger partial charge in [0.2, 0.25) is 0 Å². The van der Waals surface area contributed by atoms with Crippen molar-refractivity contribution in [3.63, 3.8) is 0 Å². The first kappa shape index (κ1) is 15.3. The Morgan fingerprint density at radius 3 is 2.78 bits per heavy atom. The highest BCUT2D eigenvalue weighted by atomic mass is 79.9. The Morgan fingerprint density at radius 1 is 1.26 bits per heavy atom. The molecule has 2 aromatic heterocycles. The number of H-pyrrole nitrogens is 1. The van der Waals surface area contributed by atoms with Crippen molar-refractivity contribution in [1.29, 1.82) is 0 Å². The van der Waals surface area contributed by atoms with E-state index in [-0.39, 0.29) is 5.91 Å². The number of carbonyl (C=O) groups is 1. The highest BCUT2D eigenvalue weighted by molar-refractivity contribution is 9.10. The summed E-state index contributed by atoms with van der Waals surface area (Å²) in [7, 11) is 0. The number of aromatic nitrogens is 3. The second kappa shape index (κ2) is 6.33. The van der Waals surface area contributed by atoms with Crippen LogP contribution in [0.5, 0.6) is 0 Å². The molecule has 0 unspecified atom stereocenters. The van der Waals surface area contributed by atoms with E-state index in [1.807, 2.05) is 6.20 Å². The van der Waals surface area contributed by atoms with Gasteiger partial charge in [0.25, 0.3) is 5.91 Å². The summed E-state index contributed by atoms with van der Waals surface area (Å²) in [6.07, 6.45) is 6.48. The van der Waals surface area contributed by atoms with Gasteiger partial charge in [0.1, 0.15) is 0 Å². The van der Waals surface area contributed by atoms with E-state index in [1.54, 1.807) is 11.3 Å². The molecule has 23 heavy (non-hydrogen) atoms. The SMILES string of the molecule is O=C(Nc1ncc(C2CCNCC2)s1)c1n[nH]c(C2CC2)c1Br. The van der Waals surface area contributed by atoms with Gasteiger partial charge in [-0.1, -0.05) is 0 Å². The van der Waals surface area contributed by atoms with Crippen LogP contribution in [-0.4, -0.2) is 34.2 Å². The van der Waals surface area contributed by atoms with Crippen molar-refractivity contribution in [2.45, 2.75) is 37.5 Å². The molecule has 6 nitrogen and oxygen atoms in total. The fourth-order valence-electron chi connectivity index (χ4n) is 2.93. The van der Waals surface area contributed by atoms with Crippen LogP contribution in [0.2, 0.25) is 0 Å². The number of rotatable bonds is 4. The van der Waals surface area contributed by atoms with Gasteiger partial charge < -0.3 is 5.32 Å². The largest absolute Gasteiger partial charge is 0.317 e. The molecule has 1 amide bonds. The lowest BCUT2D eigenvalue weighted by atomic mass is 9.97. The Bertz CT molecular complexity index is 717. The van der Waals surface area contributed by atoms with Crippen LogP contribution >= 0.6 is 27.3 Å². The highest BCUT2D eigenvalue weighted by Crippen LogP contribution is 2.43. The first-order valence-corrected chi connectivity index (χ1v) is 9.55. The number of carbonyl (C=O) groups excluding carboxylic acids is 1. The summed E-state index contributed by atoms with van der Waals surface area (Å²) >= 11 is 5.06. The molecule has 1 saturated heterocycles. The Morgan fingerprint density at radius 2 is 2.04 bits per heavy atom.